The van der Waals surface area contributed by atoms with Crippen molar-refractivity contribution >= 4 is 17.7 Å². The lowest BCUT2D eigenvalue weighted by Gasteiger charge is -2.28. The number of hydrogen-bond donors (Lipinski definition) is 1. The van der Waals surface area contributed by atoms with Gasteiger partial charge in [-0.05, 0) is 37.7 Å². The largest absolute Gasteiger partial charge is 0.503 e. The molecule has 0 saturated heterocycles. The first-order chi connectivity index (χ1) is 14.1. The second kappa shape index (κ2) is 9.75. The van der Waals surface area contributed by atoms with Gasteiger partial charge < -0.3 is 24.4 Å². The summed E-state index contributed by atoms with van der Waals surface area (Å²) in [6.07, 6.45) is 0.206. The van der Waals surface area contributed by atoms with Crippen molar-refractivity contribution in [3.05, 3.63) is 35.1 Å². The lowest BCUT2D eigenvalue weighted by molar-refractivity contribution is -0.132. The number of nitrogens with zero attached hydrogens (tertiary/aromatic N) is 2. The van der Waals surface area contributed by atoms with Crippen LogP contribution in [-0.4, -0.2) is 66.9 Å². The highest BCUT2D eigenvalue weighted by Gasteiger charge is 2.43. The number of carbonyl (C=O) groups excluding carboxylic acids is 3. The van der Waals surface area contributed by atoms with Gasteiger partial charge >= 0.3 is 5.97 Å². The number of aliphatic hydroxyl groups excluding tert-OH is 1. The molecule has 1 N–H and O–H groups in total. The Balaban J connectivity index is 2.57. The fraction of sp³-hybridized carbons (Fsp3) is 0.500. The zero-order chi connectivity index (χ0) is 22.6. The Morgan fingerprint density at radius 1 is 1.23 bits per heavy atom. The number of Topliss-reactive ketones (excluding diaryl/α,β-unsaturated/α-hetero) is 1. The fourth-order valence-corrected chi connectivity index (χ4v) is 3.40. The van der Waals surface area contributed by atoms with E-state index in [9.17, 15) is 19.5 Å². The molecule has 8 heteroatoms. The van der Waals surface area contributed by atoms with Gasteiger partial charge in [0.15, 0.2) is 23.0 Å². The van der Waals surface area contributed by atoms with E-state index in [1.165, 1.54) is 18.9 Å². The molecule has 1 amide bonds. The molecule has 0 fully saturated rings. The SMILES string of the molecule is COc1ccc(C2C(C(=O)CC(C)C)=C(O)C(=O)N2CCN(C)C)cc1OC(C)=O. The van der Waals surface area contributed by atoms with E-state index in [0.29, 0.717) is 24.4 Å². The highest BCUT2D eigenvalue weighted by atomic mass is 16.6. The van der Waals surface area contributed by atoms with Crippen LogP contribution in [0.25, 0.3) is 0 Å². The number of esters is 1. The van der Waals surface area contributed by atoms with E-state index in [0.717, 1.165) is 0 Å². The van der Waals surface area contributed by atoms with Gasteiger partial charge in [0.2, 0.25) is 0 Å². The Morgan fingerprint density at radius 3 is 2.43 bits per heavy atom. The minimum Gasteiger partial charge on any atom is -0.503 e. The average molecular weight is 418 g/mol. The Kier molecular flexibility index (Phi) is 7.61. The van der Waals surface area contributed by atoms with Crippen LogP contribution in [0.5, 0.6) is 11.5 Å². The van der Waals surface area contributed by atoms with Crippen LogP contribution in [0.2, 0.25) is 0 Å². The summed E-state index contributed by atoms with van der Waals surface area (Å²) in [5.41, 5.74) is 0.627. The molecule has 1 heterocycles. The Bertz CT molecular complexity index is 859. The molecule has 1 unspecified atom stereocenters. The van der Waals surface area contributed by atoms with Crippen LogP contribution < -0.4 is 9.47 Å². The van der Waals surface area contributed by atoms with Gasteiger partial charge in [-0.1, -0.05) is 19.9 Å². The number of carbonyl (C=O) groups is 3. The van der Waals surface area contributed by atoms with Crippen molar-refractivity contribution in [2.24, 2.45) is 5.92 Å². The first-order valence-electron chi connectivity index (χ1n) is 9.85. The fourth-order valence-electron chi connectivity index (χ4n) is 3.40. The van der Waals surface area contributed by atoms with E-state index in [1.807, 2.05) is 32.8 Å². The highest BCUT2D eigenvalue weighted by molar-refractivity contribution is 6.09. The highest BCUT2D eigenvalue weighted by Crippen LogP contribution is 2.41. The van der Waals surface area contributed by atoms with Crippen molar-refractivity contribution in [3.8, 4) is 11.5 Å². The second-order valence-electron chi connectivity index (χ2n) is 7.99. The number of amides is 1. The molecule has 0 aliphatic carbocycles. The number of hydrogen-bond acceptors (Lipinski definition) is 7. The third-order valence-electron chi connectivity index (χ3n) is 4.74. The lowest BCUT2D eigenvalue weighted by Crippen LogP contribution is -2.36. The van der Waals surface area contributed by atoms with E-state index in [4.69, 9.17) is 9.47 Å². The molecule has 30 heavy (non-hydrogen) atoms. The predicted octanol–water partition coefficient (Wildman–Crippen LogP) is 2.49. The Hall–Kier alpha value is -2.87. The van der Waals surface area contributed by atoms with E-state index >= 15 is 0 Å². The van der Waals surface area contributed by atoms with Crippen LogP contribution in [0.3, 0.4) is 0 Å². The number of ether oxygens (including phenoxy) is 2. The van der Waals surface area contributed by atoms with Crippen molar-refractivity contribution in [1.29, 1.82) is 0 Å². The van der Waals surface area contributed by atoms with Crippen molar-refractivity contribution < 1.29 is 29.0 Å². The van der Waals surface area contributed by atoms with E-state index in [-0.39, 0.29) is 29.4 Å². The molecule has 0 aromatic heterocycles. The molecule has 1 aromatic carbocycles. The number of methoxy groups -OCH3 is 1. The Morgan fingerprint density at radius 2 is 1.90 bits per heavy atom. The average Bonchev–Trinajstić information content (AvgIpc) is 2.89. The summed E-state index contributed by atoms with van der Waals surface area (Å²) < 4.78 is 10.5. The van der Waals surface area contributed by atoms with Crippen LogP contribution in [-0.2, 0) is 14.4 Å². The molecule has 2 rings (SSSR count). The third-order valence-corrected chi connectivity index (χ3v) is 4.74. The predicted molar refractivity (Wildman–Crippen MR) is 111 cm³/mol. The van der Waals surface area contributed by atoms with Crippen molar-refractivity contribution in [2.45, 2.75) is 33.2 Å². The summed E-state index contributed by atoms with van der Waals surface area (Å²) in [5, 5.41) is 10.6. The van der Waals surface area contributed by atoms with E-state index in [1.54, 1.807) is 18.2 Å². The first-order valence-corrected chi connectivity index (χ1v) is 9.85. The van der Waals surface area contributed by atoms with Gasteiger partial charge in [0.25, 0.3) is 5.91 Å². The standard InChI is InChI=1S/C22H30N2O6/c1-13(2)11-16(26)19-20(24(10-9-23(4)5)22(28)21(19)27)15-7-8-17(29-6)18(12-15)30-14(3)25/h7-8,12-13,20,27H,9-11H2,1-6H3. The smallest absolute Gasteiger partial charge is 0.308 e. The molecule has 8 nitrogen and oxygen atoms in total. The number of ketones is 1. The second-order valence-corrected chi connectivity index (χ2v) is 7.99. The van der Waals surface area contributed by atoms with Gasteiger partial charge in [-0.3, -0.25) is 14.4 Å². The van der Waals surface area contributed by atoms with Crippen molar-refractivity contribution in [3.63, 3.8) is 0 Å². The van der Waals surface area contributed by atoms with Crippen molar-refractivity contribution in [2.75, 3.05) is 34.3 Å². The quantitative estimate of drug-likeness (QED) is 0.486. The summed E-state index contributed by atoms with van der Waals surface area (Å²) in [6, 6.07) is 4.11. The number of rotatable bonds is 9. The number of benzene rings is 1. The van der Waals surface area contributed by atoms with E-state index < -0.39 is 23.7 Å². The molecular weight excluding hydrogens is 388 g/mol. The van der Waals surface area contributed by atoms with Gasteiger partial charge in [0, 0.05) is 26.4 Å². The minimum atomic E-state index is -0.774. The molecule has 1 atom stereocenters. The molecule has 0 saturated carbocycles. The lowest BCUT2D eigenvalue weighted by atomic mass is 9.92. The summed E-state index contributed by atoms with van der Waals surface area (Å²) in [7, 11) is 5.20. The number of aliphatic hydroxyl groups is 1. The molecule has 1 aliphatic rings. The summed E-state index contributed by atoms with van der Waals surface area (Å²) in [5.74, 6) is -1.30. The summed E-state index contributed by atoms with van der Waals surface area (Å²) in [4.78, 5) is 40.7. The maximum Gasteiger partial charge on any atom is 0.308 e. The maximum atomic E-state index is 12.9. The molecule has 1 aliphatic heterocycles. The molecule has 0 radical (unpaired) electrons. The summed E-state index contributed by atoms with van der Waals surface area (Å²) in [6.45, 7) is 5.94. The van der Waals surface area contributed by atoms with Gasteiger partial charge in [-0.25, -0.2) is 0 Å². The van der Waals surface area contributed by atoms with E-state index in [2.05, 4.69) is 0 Å². The Labute approximate surface area is 177 Å². The zero-order valence-electron chi connectivity index (χ0n) is 18.4. The van der Waals surface area contributed by atoms with Gasteiger partial charge in [0.1, 0.15) is 0 Å². The third kappa shape index (κ3) is 5.18. The van der Waals surface area contributed by atoms with Crippen LogP contribution in [0.4, 0.5) is 0 Å². The van der Waals surface area contributed by atoms with Crippen molar-refractivity contribution in [1.82, 2.24) is 9.80 Å². The van der Waals surface area contributed by atoms with Crippen LogP contribution in [0.15, 0.2) is 29.5 Å². The van der Waals surface area contributed by atoms with Crippen LogP contribution in [0, 0.1) is 5.92 Å². The monoisotopic (exact) mass is 418 g/mol. The summed E-state index contributed by atoms with van der Waals surface area (Å²) >= 11 is 0. The number of likely N-dealkylation sites (N-methyl/N-ethyl adjacent to an activating group) is 1. The molecule has 0 spiro atoms. The van der Waals surface area contributed by atoms with Gasteiger partial charge in [0.05, 0.1) is 18.7 Å². The van der Waals surface area contributed by atoms with Crippen LogP contribution in [0.1, 0.15) is 38.8 Å². The zero-order valence-corrected chi connectivity index (χ0v) is 18.4. The topological polar surface area (TPSA) is 96.4 Å². The normalized spacial score (nSPS) is 16.6. The first kappa shape index (κ1) is 23.4. The van der Waals surface area contributed by atoms with Gasteiger partial charge in [-0.2, -0.15) is 0 Å². The molecule has 1 aromatic rings. The molecular formula is C22H30N2O6. The van der Waals surface area contributed by atoms with Crippen LogP contribution >= 0.6 is 0 Å². The molecule has 164 valence electrons. The van der Waals surface area contributed by atoms with Gasteiger partial charge in [-0.15, -0.1) is 0 Å². The maximum absolute atomic E-state index is 12.9. The molecule has 0 bridgehead atoms. The minimum absolute atomic E-state index is 0.0665.